The van der Waals surface area contributed by atoms with Crippen molar-refractivity contribution in [2.75, 3.05) is 17.2 Å². The predicted molar refractivity (Wildman–Crippen MR) is 67.6 cm³/mol. The van der Waals surface area contributed by atoms with Crippen molar-refractivity contribution in [2.24, 2.45) is 0 Å². The van der Waals surface area contributed by atoms with Gasteiger partial charge >= 0.3 is 6.01 Å². The van der Waals surface area contributed by atoms with Crippen LogP contribution in [0.25, 0.3) is 0 Å². The lowest BCUT2D eigenvalue weighted by molar-refractivity contribution is 0.102. The Morgan fingerprint density at radius 2 is 2.33 bits per heavy atom. The molecular weight excluding hydrogens is 232 g/mol. The zero-order valence-electron chi connectivity index (χ0n) is 10.2. The van der Waals surface area contributed by atoms with E-state index in [-0.39, 0.29) is 11.9 Å². The third-order valence-electron chi connectivity index (χ3n) is 2.24. The van der Waals surface area contributed by atoms with E-state index in [0.717, 1.165) is 0 Å². The van der Waals surface area contributed by atoms with Crippen LogP contribution in [0.3, 0.4) is 0 Å². The highest BCUT2D eigenvalue weighted by Gasteiger charge is 2.13. The number of nitrogens with one attached hydrogen (secondary N) is 2. The maximum Gasteiger partial charge on any atom is 0.301 e. The molecular formula is C12H14N4O2. The minimum atomic E-state index is -0.305. The van der Waals surface area contributed by atoms with Gasteiger partial charge in [0.15, 0.2) is 0 Å². The average molecular weight is 246 g/mol. The summed E-state index contributed by atoms with van der Waals surface area (Å²) in [6.07, 6.45) is 3.11. The number of aromatic nitrogens is 2. The second kappa shape index (κ2) is 5.31. The van der Waals surface area contributed by atoms with E-state index in [9.17, 15) is 4.79 Å². The Bertz CT molecular complexity index is 551. The average Bonchev–Trinajstić information content (AvgIpc) is 2.76. The molecule has 6 nitrogen and oxygen atoms in total. The molecule has 0 aromatic carbocycles. The molecule has 0 aliphatic heterocycles. The van der Waals surface area contributed by atoms with Crippen molar-refractivity contribution in [3.8, 4) is 0 Å². The molecule has 18 heavy (non-hydrogen) atoms. The van der Waals surface area contributed by atoms with Crippen molar-refractivity contribution in [3.05, 3.63) is 35.9 Å². The number of aryl methyl sites for hydroxylation is 1. The van der Waals surface area contributed by atoms with Gasteiger partial charge in [0.25, 0.3) is 5.91 Å². The number of hydrogen-bond acceptors (Lipinski definition) is 5. The largest absolute Gasteiger partial charge is 0.432 e. The molecule has 0 saturated heterocycles. The van der Waals surface area contributed by atoms with Gasteiger partial charge in [0, 0.05) is 12.7 Å². The lowest BCUT2D eigenvalue weighted by Gasteiger charge is -2.07. The Hall–Kier alpha value is -2.37. The SMILES string of the molecule is CCNc1ncccc1C(=O)Nc1nc(C)co1. The number of hydrogen-bond donors (Lipinski definition) is 2. The molecule has 0 atom stereocenters. The molecule has 6 heteroatoms. The van der Waals surface area contributed by atoms with E-state index in [4.69, 9.17) is 4.42 Å². The summed E-state index contributed by atoms with van der Waals surface area (Å²) in [6.45, 7) is 4.41. The van der Waals surface area contributed by atoms with Crippen LogP contribution in [0, 0.1) is 6.92 Å². The maximum atomic E-state index is 12.0. The Balaban J connectivity index is 2.18. The lowest BCUT2D eigenvalue weighted by atomic mass is 10.2. The Morgan fingerprint density at radius 3 is 3.00 bits per heavy atom. The molecule has 94 valence electrons. The van der Waals surface area contributed by atoms with E-state index in [1.165, 1.54) is 6.26 Å². The number of rotatable bonds is 4. The van der Waals surface area contributed by atoms with E-state index in [1.807, 2.05) is 6.92 Å². The highest BCUT2D eigenvalue weighted by molar-refractivity contribution is 6.06. The van der Waals surface area contributed by atoms with Crippen LogP contribution < -0.4 is 10.6 Å². The van der Waals surface area contributed by atoms with Crippen molar-refractivity contribution in [2.45, 2.75) is 13.8 Å². The summed E-state index contributed by atoms with van der Waals surface area (Å²) >= 11 is 0. The minimum Gasteiger partial charge on any atom is -0.432 e. The summed E-state index contributed by atoms with van der Waals surface area (Å²) in [5.41, 5.74) is 1.17. The van der Waals surface area contributed by atoms with Crippen molar-refractivity contribution in [3.63, 3.8) is 0 Å². The summed E-state index contributed by atoms with van der Waals surface area (Å²) in [6, 6.07) is 3.58. The van der Waals surface area contributed by atoms with Crippen LogP contribution in [-0.4, -0.2) is 22.4 Å². The minimum absolute atomic E-state index is 0.184. The first-order valence-corrected chi connectivity index (χ1v) is 5.63. The first-order valence-electron chi connectivity index (χ1n) is 5.63. The van der Waals surface area contributed by atoms with Crippen LogP contribution in [0.5, 0.6) is 0 Å². The molecule has 2 rings (SSSR count). The molecule has 2 heterocycles. The molecule has 2 aromatic rings. The van der Waals surface area contributed by atoms with Gasteiger partial charge in [-0.2, -0.15) is 4.98 Å². The van der Waals surface area contributed by atoms with E-state index < -0.39 is 0 Å². The third-order valence-corrected chi connectivity index (χ3v) is 2.24. The summed E-state index contributed by atoms with van der Waals surface area (Å²) < 4.78 is 5.07. The number of anilines is 2. The van der Waals surface area contributed by atoms with Gasteiger partial charge < -0.3 is 9.73 Å². The zero-order valence-corrected chi connectivity index (χ0v) is 10.2. The maximum absolute atomic E-state index is 12.0. The monoisotopic (exact) mass is 246 g/mol. The van der Waals surface area contributed by atoms with Crippen LogP contribution in [0.4, 0.5) is 11.8 Å². The van der Waals surface area contributed by atoms with E-state index in [1.54, 1.807) is 25.3 Å². The fourth-order valence-electron chi connectivity index (χ4n) is 1.47. The van der Waals surface area contributed by atoms with Crippen molar-refractivity contribution >= 4 is 17.7 Å². The van der Waals surface area contributed by atoms with Gasteiger partial charge in [0.2, 0.25) is 0 Å². The molecule has 0 radical (unpaired) electrons. The first kappa shape index (κ1) is 12.1. The molecule has 0 spiro atoms. The number of nitrogens with zero attached hydrogens (tertiary/aromatic N) is 2. The van der Waals surface area contributed by atoms with Crippen molar-refractivity contribution in [1.82, 2.24) is 9.97 Å². The Labute approximate surface area is 104 Å². The number of carbonyl (C=O) groups is 1. The molecule has 1 amide bonds. The number of carbonyl (C=O) groups excluding carboxylic acids is 1. The van der Waals surface area contributed by atoms with Gasteiger partial charge in [-0.3, -0.25) is 10.1 Å². The van der Waals surface area contributed by atoms with E-state index in [2.05, 4.69) is 20.6 Å². The second-order valence-corrected chi connectivity index (χ2v) is 3.68. The van der Waals surface area contributed by atoms with Crippen LogP contribution in [0.1, 0.15) is 23.0 Å². The highest BCUT2D eigenvalue weighted by atomic mass is 16.4. The molecule has 2 N–H and O–H groups in total. The van der Waals surface area contributed by atoms with Gasteiger partial charge in [-0.25, -0.2) is 4.98 Å². The third kappa shape index (κ3) is 2.65. The van der Waals surface area contributed by atoms with E-state index >= 15 is 0 Å². The highest BCUT2D eigenvalue weighted by Crippen LogP contribution is 2.14. The lowest BCUT2D eigenvalue weighted by Crippen LogP contribution is -2.15. The summed E-state index contributed by atoms with van der Waals surface area (Å²) in [7, 11) is 0. The molecule has 0 saturated carbocycles. The summed E-state index contributed by atoms with van der Waals surface area (Å²) in [5.74, 6) is 0.238. The fraction of sp³-hybridized carbons (Fsp3) is 0.250. The van der Waals surface area contributed by atoms with Crippen molar-refractivity contribution in [1.29, 1.82) is 0 Å². The van der Waals surface area contributed by atoms with Gasteiger partial charge in [0.1, 0.15) is 12.1 Å². The zero-order chi connectivity index (χ0) is 13.0. The second-order valence-electron chi connectivity index (χ2n) is 3.68. The molecule has 0 aliphatic carbocycles. The van der Waals surface area contributed by atoms with Gasteiger partial charge in [-0.15, -0.1) is 0 Å². The van der Waals surface area contributed by atoms with Gasteiger partial charge in [0.05, 0.1) is 11.3 Å². The van der Waals surface area contributed by atoms with Crippen LogP contribution in [0.2, 0.25) is 0 Å². The molecule has 0 aliphatic rings. The summed E-state index contributed by atoms with van der Waals surface area (Å²) in [4.78, 5) is 20.2. The number of oxazole rings is 1. The quantitative estimate of drug-likeness (QED) is 0.863. The van der Waals surface area contributed by atoms with E-state index in [0.29, 0.717) is 23.6 Å². The Morgan fingerprint density at radius 1 is 1.50 bits per heavy atom. The smallest absolute Gasteiger partial charge is 0.301 e. The standard InChI is InChI=1S/C12H14N4O2/c1-3-13-10-9(5-4-6-14-10)11(17)16-12-15-8(2)7-18-12/h4-7H,3H2,1-2H3,(H,13,14)(H,15,16,17). The molecule has 2 aromatic heterocycles. The van der Waals surface area contributed by atoms with Crippen LogP contribution >= 0.6 is 0 Å². The fourth-order valence-corrected chi connectivity index (χ4v) is 1.47. The normalized spacial score (nSPS) is 10.1. The topological polar surface area (TPSA) is 80.0 Å². The van der Waals surface area contributed by atoms with Crippen molar-refractivity contribution < 1.29 is 9.21 Å². The number of amides is 1. The van der Waals surface area contributed by atoms with Gasteiger partial charge in [-0.05, 0) is 26.0 Å². The van der Waals surface area contributed by atoms with Gasteiger partial charge in [-0.1, -0.05) is 0 Å². The van der Waals surface area contributed by atoms with Crippen LogP contribution in [0.15, 0.2) is 29.0 Å². The predicted octanol–water partition coefficient (Wildman–Crippen LogP) is 2.06. The molecule has 0 fully saturated rings. The number of pyridine rings is 1. The first-order chi connectivity index (χ1) is 8.70. The van der Waals surface area contributed by atoms with Crippen LogP contribution in [-0.2, 0) is 0 Å². The Kier molecular flexibility index (Phi) is 3.57. The molecule has 0 unspecified atom stereocenters. The molecule has 0 bridgehead atoms. The summed E-state index contributed by atoms with van der Waals surface area (Å²) in [5, 5.41) is 5.61.